The second-order valence-corrected chi connectivity index (χ2v) is 5.95. The third-order valence-electron chi connectivity index (χ3n) is 4.14. The van der Waals surface area contributed by atoms with Gasteiger partial charge in [-0.3, -0.25) is 4.79 Å². The van der Waals surface area contributed by atoms with Crippen molar-refractivity contribution in [3.63, 3.8) is 0 Å². The molecule has 0 bridgehead atoms. The molecule has 2 N–H and O–H groups in total. The first-order valence-electron chi connectivity index (χ1n) is 8.13. The number of amides is 3. The van der Waals surface area contributed by atoms with Gasteiger partial charge in [0.25, 0.3) is 0 Å². The van der Waals surface area contributed by atoms with Gasteiger partial charge in [-0.15, -0.1) is 0 Å². The number of hydrogen-bond donors (Lipinski definition) is 2. The average Bonchev–Trinajstić information content (AvgIpc) is 2.62. The summed E-state index contributed by atoms with van der Waals surface area (Å²) in [7, 11) is 0. The molecule has 7 heteroatoms. The largest absolute Gasteiger partial charge is 0.478 e. The number of imide groups is 1. The number of rotatable bonds is 5. The SMILES string of the molecule is CC(NC(=O)N1C(=O)CC1Oc1ccc(C(=O)O)cc1)c1ccccc1. The molecule has 0 aliphatic carbocycles. The van der Waals surface area contributed by atoms with Crippen molar-refractivity contribution in [3.8, 4) is 5.75 Å². The van der Waals surface area contributed by atoms with Gasteiger partial charge in [-0.25, -0.2) is 14.5 Å². The Morgan fingerprint density at radius 1 is 1.15 bits per heavy atom. The number of nitrogens with one attached hydrogen (secondary N) is 1. The Labute approximate surface area is 150 Å². The van der Waals surface area contributed by atoms with Crippen LogP contribution in [0.2, 0.25) is 0 Å². The number of carboxylic acids is 1. The lowest BCUT2D eigenvalue weighted by Crippen LogP contribution is -2.61. The van der Waals surface area contributed by atoms with Crippen LogP contribution in [0.5, 0.6) is 5.75 Å². The third kappa shape index (κ3) is 3.66. The second-order valence-electron chi connectivity index (χ2n) is 5.95. The maximum absolute atomic E-state index is 12.4. The predicted molar refractivity (Wildman–Crippen MR) is 92.7 cm³/mol. The van der Waals surface area contributed by atoms with Crippen LogP contribution in [-0.4, -0.2) is 34.1 Å². The van der Waals surface area contributed by atoms with Crippen LogP contribution in [0.1, 0.15) is 35.3 Å². The number of carboxylic acid groups (broad SMARTS) is 1. The van der Waals surface area contributed by atoms with E-state index in [-0.39, 0.29) is 23.9 Å². The topological polar surface area (TPSA) is 95.9 Å². The quantitative estimate of drug-likeness (QED) is 0.805. The number of ether oxygens (including phenoxy) is 1. The minimum absolute atomic E-state index is 0.0911. The summed E-state index contributed by atoms with van der Waals surface area (Å²) in [5.41, 5.74) is 1.06. The monoisotopic (exact) mass is 354 g/mol. The van der Waals surface area contributed by atoms with Crippen LogP contribution in [0.3, 0.4) is 0 Å². The number of benzene rings is 2. The number of likely N-dealkylation sites (tertiary alicyclic amines) is 1. The molecule has 3 amide bonds. The maximum Gasteiger partial charge on any atom is 0.335 e. The number of β-lactam (4-membered cyclic amide) rings is 1. The maximum atomic E-state index is 12.4. The first-order valence-corrected chi connectivity index (χ1v) is 8.13. The zero-order chi connectivity index (χ0) is 18.7. The first-order chi connectivity index (χ1) is 12.5. The molecule has 7 nitrogen and oxygen atoms in total. The number of hydrogen-bond acceptors (Lipinski definition) is 4. The second kappa shape index (κ2) is 7.26. The van der Waals surface area contributed by atoms with Gasteiger partial charge >= 0.3 is 12.0 Å². The number of carbonyl (C=O) groups excluding carboxylic acids is 2. The molecule has 0 spiro atoms. The Morgan fingerprint density at radius 2 is 1.81 bits per heavy atom. The Hall–Kier alpha value is -3.35. The van der Waals surface area contributed by atoms with E-state index < -0.39 is 18.2 Å². The molecule has 1 aliphatic heterocycles. The summed E-state index contributed by atoms with van der Waals surface area (Å²) in [4.78, 5) is 36.1. The Kier molecular flexibility index (Phi) is 4.88. The molecule has 1 heterocycles. The molecule has 0 saturated carbocycles. The van der Waals surface area contributed by atoms with Gasteiger partial charge in [0.2, 0.25) is 5.91 Å². The Morgan fingerprint density at radius 3 is 2.38 bits per heavy atom. The van der Waals surface area contributed by atoms with Crippen LogP contribution < -0.4 is 10.1 Å². The van der Waals surface area contributed by atoms with Gasteiger partial charge in [0.1, 0.15) is 5.75 Å². The molecule has 0 radical (unpaired) electrons. The van der Waals surface area contributed by atoms with Crippen LogP contribution in [-0.2, 0) is 4.79 Å². The predicted octanol–water partition coefficient (Wildman–Crippen LogP) is 2.79. The summed E-state index contributed by atoms with van der Waals surface area (Å²) in [6.07, 6.45) is -0.616. The van der Waals surface area contributed by atoms with Crippen LogP contribution in [0.15, 0.2) is 54.6 Å². The van der Waals surface area contributed by atoms with Crippen molar-refractivity contribution in [1.82, 2.24) is 10.2 Å². The molecular formula is C19H18N2O5. The summed E-state index contributed by atoms with van der Waals surface area (Å²) in [5, 5.41) is 11.7. The smallest absolute Gasteiger partial charge is 0.335 e. The van der Waals surface area contributed by atoms with Gasteiger partial charge in [-0.2, -0.15) is 0 Å². The van der Waals surface area contributed by atoms with Crippen molar-refractivity contribution in [1.29, 1.82) is 0 Å². The van der Waals surface area contributed by atoms with Gasteiger partial charge in [0.05, 0.1) is 18.0 Å². The molecule has 1 fully saturated rings. The van der Waals surface area contributed by atoms with Gasteiger partial charge < -0.3 is 15.2 Å². The summed E-state index contributed by atoms with van der Waals surface area (Å²) in [6.45, 7) is 1.83. The van der Waals surface area contributed by atoms with Crippen LogP contribution >= 0.6 is 0 Å². The van der Waals surface area contributed by atoms with Crippen molar-refractivity contribution in [2.75, 3.05) is 0 Å². The van der Waals surface area contributed by atoms with E-state index in [2.05, 4.69) is 5.32 Å². The normalized spacial score (nSPS) is 17.2. The standard InChI is InChI=1S/C19H18N2O5/c1-12(13-5-3-2-4-6-13)20-19(25)21-16(22)11-17(21)26-15-9-7-14(8-10-15)18(23)24/h2-10,12,17H,11H2,1H3,(H,20,25)(H,23,24). The van der Waals surface area contributed by atoms with Crippen molar-refractivity contribution in [2.24, 2.45) is 0 Å². The average molecular weight is 354 g/mol. The number of nitrogens with zero attached hydrogens (tertiary/aromatic N) is 1. The molecule has 1 aliphatic rings. The van der Waals surface area contributed by atoms with E-state index in [0.29, 0.717) is 5.75 Å². The fourth-order valence-electron chi connectivity index (χ4n) is 2.64. The molecule has 134 valence electrons. The highest BCUT2D eigenvalue weighted by Gasteiger charge is 2.43. The lowest BCUT2D eigenvalue weighted by molar-refractivity contribution is -0.152. The van der Waals surface area contributed by atoms with Gasteiger partial charge in [0, 0.05) is 0 Å². The molecule has 2 atom stereocenters. The van der Waals surface area contributed by atoms with E-state index in [1.807, 2.05) is 37.3 Å². The molecule has 3 rings (SSSR count). The molecule has 26 heavy (non-hydrogen) atoms. The van der Waals surface area contributed by atoms with Crippen LogP contribution in [0.4, 0.5) is 4.79 Å². The van der Waals surface area contributed by atoms with Gasteiger partial charge in [-0.05, 0) is 36.8 Å². The van der Waals surface area contributed by atoms with Gasteiger partial charge in [0.15, 0.2) is 6.23 Å². The number of aromatic carboxylic acids is 1. The minimum Gasteiger partial charge on any atom is -0.478 e. The van der Waals surface area contributed by atoms with Crippen LogP contribution in [0, 0.1) is 0 Å². The summed E-state index contributed by atoms with van der Waals surface area (Å²) in [6, 6.07) is 14.4. The summed E-state index contributed by atoms with van der Waals surface area (Å²) >= 11 is 0. The zero-order valence-corrected chi connectivity index (χ0v) is 14.1. The third-order valence-corrected chi connectivity index (χ3v) is 4.14. The van der Waals surface area contributed by atoms with Gasteiger partial charge in [-0.1, -0.05) is 30.3 Å². The van der Waals surface area contributed by atoms with Crippen molar-refractivity contribution < 1.29 is 24.2 Å². The van der Waals surface area contributed by atoms with E-state index >= 15 is 0 Å². The summed E-state index contributed by atoms with van der Waals surface area (Å²) < 4.78 is 5.63. The lowest BCUT2D eigenvalue weighted by Gasteiger charge is -2.38. The molecule has 2 aromatic rings. The first kappa shape index (κ1) is 17.5. The van der Waals surface area contributed by atoms with E-state index in [9.17, 15) is 14.4 Å². The highest BCUT2D eigenvalue weighted by molar-refractivity contribution is 5.99. The molecular weight excluding hydrogens is 336 g/mol. The van der Waals surface area contributed by atoms with Crippen molar-refractivity contribution in [2.45, 2.75) is 25.6 Å². The van der Waals surface area contributed by atoms with E-state index in [1.54, 1.807) is 0 Å². The fraction of sp³-hybridized carbons (Fsp3) is 0.211. The zero-order valence-electron chi connectivity index (χ0n) is 14.1. The minimum atomic E-state index is -1.04. The highest BCUT2D eigenvalue weighted by atomic mass is 16.5. The molecule has 2 unspecified atom stereocenters. The molecule has 2 aromatic carbocycles. The molecule has 0 aromatic heterocycles. The lowest BCUT2D eigenvalue weighted by atomic mass is 10.1. The number of urea groups is 1. The number of carbonyl (C=O) groups is 3. The van der Waals surface area contributed by atoms with E-state index in [4.69, 9.17) is 9.84 Å². The Balaban J connectivity index is 1.62. The Bertz CT molecular complexity index is 820. The fourth-order valence-corrected chi connectivity index (χ4v) is 2.64. The summed E-state index contributed by atoms with van der Waals surface area (Å²) in [5.74, 6) is -0.970. The highest BCUT2D eigenvalue weighted by Crippen LogP contribution is 2.25. The van der Waals surface area contributed by atoms with E-state index in [0.717, 1.165) is 10.5 Å². The van der Waals surface area contributed by atoms with Crippen molar-refractivity contribution >= 4 is 17.9 Å². The van der Waals surface area contributed by atoms with Crippen LogP contribution in [0.25, 0.3) is 0 Å². The van der Waals surface area contributed by atoms with E-state index in [1.165, 1.54) is 24.3 Å². The molecule has 1 saturated heterocycles. The van der Waals surface area contributed by atoms with Crippen molar-refractivity contribution in [3.05, 3.63) is 65.7 Å².